The average Bonchev–Trinajstić information content (AvgIpc) is 2.51. The number of carbonyl (C=O) groups is 1. The van der Waals surface area contributed by atoms with E-state index in [0.717, 1.165) is 64.0 Å². The van der Waals surface area contributed by atoms with Crippen LogP contribution in [0.25, 0.3) is 0 Å². The molecule has 6 nitrogen and oxygen atoms in total. The van der Waals surface area contributed by atoms with E-state index in [9.17, 15) is 9.90 Å². The summed E-state index contributed by atoms with van der Waals surface area (Å²) >= 11 is 0. The average molecular weight is 482 g/mol. The lowest BCUT2D eigenvalue weighted by Crippen LogP contribution is -2.41. The lowest BCUT2D eigenvalue weighted by atomic mass is 9.85. The summed E-state index contributed by atoms with van der Waals surface area (Å²) in [4.78, 5) is 16.3. The molecule has 1 fully saturated rings. The fraction of sp³-hybridized carbons (Fsp3) is 0.895. The minimum Gasteiger partial charge on any atom is -0.388 e. The van der Waals surface area contributed by atoms with E-state index in [4.69, 9.17) is 0 Å². The van der Waals surface area contributed by atoms with E-state index >= 15 is 0 Å². The number of hydrogen-bond donors (Lipinski definition) is 4. The van der Waals surface area contributed by atoms with Gasteiger partial charge >= 0.3 is 0 Å². The van der Waals surface area contributed by atoms with Crippen molar-refractivity contribution in [3.63, 3.8) is 0 Å². The van der Waals surface area contributed by atoms with Crippen LogP contribution in [0.4, 0.5) is 0 Å². The number of nitrogens with one attached hydrogen (secondary N) is 3. The van der Waals surface area contributed by atoms with E-state index in [1.54, 1.807) is 0 Å². The molecule has 0 aromatic carbocycles. The van der Waals surface area contributed by atoms with Crippen LogP contribution in [-0.2, 0) is 4.79 Å². The molecule has 0 unspecified atom stereocenters. The molecule has 0 aromatic rings. The Morgan fingerprint density at radius 3 is 2.19 bits per heavy atom. The zero-order chi connectivity index (χ0) is 18.5. The van der Waals surface area contributed by atoms with E-state index < -0.39 is 5.60 Å². The highest BCUT2D eigenvalue weighted by Gasteiger charge is 2.25. The summed E-state index contributed by atoms with van der Waals surface area (Å²) in [6.07, 6.45) is 7.59. The van der Waals surface area contributed by atoms with Crippen LogP contribution >= 0.6 is 24.0 Å². The topological polar surface area (TPSA) is 85.8 Å². The Kier molecular flexibility index (Phi) is 14.2. The van der Waals surface area contributed by atoms with Gasteiger partial charge in [-0.25, -0.2) is 0 Å². The maximum Gasteiger partial charge on any atom is 0.223 e. The first-order valence-electron chi connectivity index (χ1n) is 10.1. The Labute approximate surface area is 176 Å². The first-order valence-corrected chi connectivity index (χ1v) is 10.1. The predicted molar refractivity (Wildman–Crippen MR) is 119 cm³/mol. The molecule has 0 radical (unpaired) electrons. The highest BCUT2D eigenvalue weighted by molar-refractivity contribution is 14.0. The summed E-state index contributed by atoms with van der Waals surface area (Å²) in [5, 5.41) is 20.2. The number of nitrogens with zero attached hydrogens (tertiary/aromatic N) is 1. The quantitative estimate of drug-likeness (QED) is 0.149. The molecule has 1 aliphatic rings. The highest BCUT2D eigenvalue weighted by atomic mass is 127. The van der Waals surface area contributed by atoms with Gasteiger partial charge in [0.05, 0.1) is 12.1 Å². The minimum absolute atomic E-state index is 0. The zero-order valence-electron chi connectivity index (χ0n) is 16.8. The SMILES string of the molecule is CCCC(O)(CCC)CN=C(NCC)NCCCNC(=O)C1CCC1.I. The lowest BCUT2D eigenvalue weighted by molar-refractivity contribution is -0.127. The third-order valence-corrected chi connectivity index (χ3v) is 4.73. The van der Waals surface area contributed by atoms with Crippen molar-refractivity contribution in [2.24, 2.45) is 10.9 Å². The number of amides is 1. The first-order chi connectivity index (χ1) is 12.0. The summed E-state index contributed by atoms with van der Waals surface area (Å²) in [6, 6.07) is 0. The molecule has 1 saturated carbocycles. The van der Waals surface area contributed by atoms with Gasteiger partial charge in [-0.3, -0.25) is 9.79 Å². The van der Waals surface area contributed by atoms with Gasteiger partial charge < -0.3 is 21.1 Å². The van der Waals surface area contributed by atoms with Gasteiger partial charge in [-0.1, -0.05) is 33.1 Å². The van der Waals surface area contributed by atoms with Crippen LogP contribution in [0.2, 0.25) is 0 Å². The Balaban J connectivity index is 0.00000625. The molecular weight excluding hydrogens is 443 g/mol. The van der Waals surface area contributed by atoms with Crippen LogP contribution in [0.3, 0.4) is 0 Å². The maximum absolute atomic E-state index is 11.8. The second-order valence-electron chi connectivity index (χ2n) is 7.12. The zero-order valence-corrected chi connectivity index (χ0v) is 19.1. The van der Waals surface area contributed by atoms with Crippen molar-refractivity contribution >= 4 is 35.8 Å². The summed E-state index contributed by atoms with van der Waals surface area (Å²) < 4.78 is 0. The molecule has 0 spiro atoms. The van der Waals surface area contributed by atoms with Gasteiger partial charge in [-0.05, 0) is 39.0 Å². The van der Waals surface area contributed by atoms with Gasteiger partial charge in [0, 0.05) is 25.6 Å². The van der Waals surface area contributed by atoms with Gasteiger partial charge in [0.25, 0.3) is 0 Å². The molecule has 1 amide bonds. The summed E-state index contributed by atoms with van der Waals surface area (Å²) in [7, 11) is 0. The van der Waals surface area contributed by atoms with Crippen LogP contribution in [0.15, 0.2) is 4.99 Å². The smallest absolute Gasteiger partial charge is 0.223 e. The molecule has 7 heteroatoms. The van der Waals surface area contributed by atoms with Gasteiger partial charge in [0.15, 0.2) is 5.96 Å². The number of guanidine groups is 1. The van der Waals surface area contributed by atoms with Crippen LogP contribution in [0.1, 0.15) is 72.1 Å². The normalized spacial score (nSPS) is 15.0. The van der Waals surface area contributed by atoms with Crippen LogP contribution in [0, 0.1) is 5.92 Å². The number of halogens is 1. The standard InChI is InChI=1S/C19H38N4O2.HI/c1-4-11-19(25,12-5-2)15-23-18(20-6-3)22-14-8-13-21-17(24)16-9-7-10-16;/h16,25H,4-15H2,1-3H3,(H,21,24)(H2,20,22,23);1H. The molecular formula is C19H39IN4O2. The van der Waals surface area contributed by atoms with Crippen molar-refractivity contribution < 1.29 is 9.90 Å². The number of aliphatic imine (C=N–C) groups is 1. The Bertz CT molecular complexity index is 408. The number of carbonyl (C=O) groups excluding carboxylic acids is 1. The van der Waals surface area contributed by atoms with Gasteiger partial charge in [-0.2, -0.15) is 0 Å². The molecule has 0 saturated heterocycles. The van der Waals surface area contributed by atoms with Crippen LogP contribution in [0.5, 0.6) is 0 Å². The van der Waals surface area contributed by atoms with E-state index in [1.165, 1.54) is 6.42 Å². The third kappa shape index (κ3) is 9.94. The number of aliphatic hydroxyl groups is 1. The van der Waals surface area contributed by atoms with Gasteiger partial charge in [-0.15, -0.1) is 24.0 Å². The molecule has 1 aliphatic carbocycles. The van der Waals surface area contributed by atoms with E-state index in [-0.39, 0.29) is 35.8 Å². The van der Waals surface area contributed by atoms with Crippen molar-refractivity contribution in [1.82, 2.24) is 16.0 Å². The number of hydrogen-bond acceptors (Lipinski definition) is 3. The maximum atomic E-state index is 11.8. The van der Waals surface area contributed by atoms with Crippen molar-refractivity contribution in [3.8, 4) is 0 Å². The molecule has 0 heterocycles. The van der Waals surface area contributed by atoms with E-state index in [2.05, 4.69) is 34.8 Å². The van der Waals surface area contributed by atoms with Crippen molar-refractivity contribution in [2.75, 3.05) is 26.2 Å². The molecule has 0 bridgehead atoms. The molecule has 0 aromatic heterocycles. The summed E-state index contributed by atoms with van der Waals surface area (Å²) in [5.74, 6) is 1.19. The van der Waals surface area contributed by atoms with E-state index in [0.29, 0.717) is 13.1 Å². The third-order valence-electron chi connectivity index (χ3n) is 4.73. The summed E-state index contributed by atoms with van der Waals surface area (Å²) in [5.41, 5.74) is -0.706. The van der Waals surface area contributed by atoms with Crippen LogP contribution in [-0.4, -0.2) is 48.8 Å². The molecule has 1 rings (SSSR count). The largest absolute Gasteiger partial charge is 0.388 e. The fourth-order valence-electron chi connectivity index (χ4n) is 3.10. The Morgan fingerprint density at radius 2 is 1.69 bits per heavy atom. The lowest BCUT2D eigenvalue weighted by Gasteiger charge is -2.26. The molecule has 4 N–H and O–H groups in total. The first kappa shape index (κ1) is 25.4. The summed E-state index contributed by atoms with van der Waals surface area (Å²) in [6.45, 7) is 8.85. The molecule has 0 atom stereocenters. The second kappa shape index (κ2) is 14.5. The van der Waals surface area contributed by atoms with Crippen molar-refractivity contribution in [3.05, 3.63) is 0 Å². The molecule has 154 valence electrons. The molecule has 0 aliphatic heterocycles. The fourth-order valence-corrected chi connectivity index (χ4v) is 3.10. The van der Waals surface area contributed by atoms with Gasteiger partial charge in [0.2, 0.25) is 5.91 Å². The molecule has 26 heavy (non-hydrogen) atoms. The monoisotopic (exact) mass is 482 g/mol. The number of rotatable bonds is 12. The van der Waals surface area contributed by atoms with Crippen molar-refractivity contribution in [1.29, 1.82) is 0 Å². The van der Waals surface area contributed by atoms with Gasteiger partial charge in [0.1, 0.15) is 0 Å². The highest BCUT2D eigenvalue weighted by Crippen LogP contribution is 2.26. The van der Waals surface area contributed by atoms with Crippen molar-refractivity contribution in [2.45, 2.75) is 77.7 Å². The van der Waals surface area contributed by atoms with E-state index in [1.807, 2.05) is 6.92 Å². The Morgan fingerprint density at radius 1 is 1.08 bits per heavy atom. The minimum atomic E-state index is -0.706. The van der Waals surface area contributed by atoms with Crippen LogP contribution < -0.4 is 16.0 Å². The Hall–Kier alpha value is -0.570. The second-order valence-corrected chi connectivity index (χ2v) is 7.12. The predicted octanol–water partition coefficient (Wildman–Crippen LogP) is 2.80.